The summed E-state index contributed by atoms with van der Waals surface area (Å²) in [7, 11) is 4.19. The first-order valence-electron chi connectivity index (χ1n) is 8.52. The van der Waals surface area contributed by atoms with Crippen LogP contribution in [0, 0.1) is 6.92 Å². The van der Waals surface area contributed by atoms with Crippen LogP contribution < -0.4 is 5.32 Å². The first-order valence-corrected chi connectivity index (χ1v) is 8.52. The number of piperazine rings is 1. The van der Waals surface area contributed by atoms with Gasteiger partial charge in [0, 0.05) is 45.0 Å². The SMILES string of the molecule is CCc1cccc(C)c1NC(=O)N1CCN(CCN(C)C)CC1. The van der Waals surface area contributed by atoms with E-state index in [1.807, 2.05) is 24.0 Å². The maximum atomic E-state index is 12.5. The van der Waals surface area contributed by atoms with Crippen molar-refractivity contribution in [3.05, 3.63) is 29.3 Å². The van der Waals surface area contributed by atoms with Crippen molar-refractivity contribution < 1.29 is 4.79 Å². The molecule has 1 aliphatic heterocycles. The summed E-state index contributed by atoms with van der Waals surface area (Å²) in [5.41, 5.74) is 3.31. The molecule has 1 fully saturated rings. The largest absolute Gasteiger partial charge is 0.322 e. The summed E-state index contributed by atoms with van der Waals surface area (Å²) in [6.45, 7) is 9.81. The van der Waals surface area contributed by atoms with E-state index >= 15 is 0 Å². The highest BCUT2D eigenvalue weighted by molar-refractivity contribution is 5.91. The highest BCUT2D eigenvalue weighted by Crippen LogP contribution is 2.21. The van der Waals surface area contributed by atoms with Crippen LogP contribution in [0.4, 0.5) is 10.5 Å². The molecule has 23 heavy (non-hydrogen) atoms. The Hall–Kier alpha value is -1.59. The van der Waals surface area contributed by atoms with Crippen molar-refractivity contribution in [2.24, 2.45) is 0 Å². The normalized spacial score (nSPS) is 16.0. The molecule has 1 aromatic rings. The summed E-state index contributed by atoms with van der Waals surface area (Å²) in [6.07, 6.45) is 0.926. The molecule has 0 saturated carbocycles. The smallest absolute Gasteiger partial charge is 0.321 e. The third-order valence-electron chi connectivity index (χ3n) is 4.49. The Morgan fingerprint density at radius 2 is 1.91 bits per heavy atom. The molecule has 128 valence electrons. The predicted octanol–water partition coefficient (Wildman–Crippen LogP) is 2.27. The van der Waals surface area contributed by atoms with Crippen LogP contribution in [0.3, 0.4) is 0 Å². The van der Waals surface area contributed by atoms with Crippen molar-refractivity contribution in [3.8, 4) is 0 Å². The van der Waals surface area contributed by atoms with Crippen molar-refractivity contribution in [2.75, 3.05) is 58.7 Å². The fourth-order valence-electron chi connectivity index (χ4n) is 2.90. The fraction of sp³-hybridized carbons (Fsp3) is 0.611. The molecule has 5 heteroatoms. The molecule has 0 bridgehead atoms. The zero-order chi connectivity index (χ0) is 16.8. The van der Waals surface area contributed by atoms with E-state index in [0.717, 1.165) is 56.9 Å². The lowest BCUT2D eigenvalue weighted by Gasteiger charge is -2.35. The van der Waals surface area contributed by atoms with E-state index in [0.29, 0.717) is 0 Å². The van der Waals surface area contributed by atoms with Crippen LogP contribution >= 0.6 is 0 Å². The van der Waals surface area contributed by atoms with E-state index < -0.39 is 0 Å². The molecule has 0 aliphatic carbocycles. The van der Waals surface area contributed by atoms with Crippen LogP contribution in [-0.4, -0.2) is 74.1 Å². The zero-order valence-electron chi connectivity index (χ0n) is 14.9. The number of likely N-dealkylation sites (N-methyl/N-ethyl adjacent to an activating group) is 1. The van der Waals surface area contributed by atoms with Gasteiger partial charge < -0.3 is 15.1 Å². The Morgan fingerprint density at radius 1 is 1.22 bits per heavy atom. The number of anilines is 1. The molecule has 5 nitrogen and oxygen atoms in total. The number of hydrogen-bond acceptors (Lipinski definition) is 3. The molecule has 0 radical (unpaired) electrons. The van der Waals surface area contributed by atoms with Crippen molar-refractivity contribution in [1.29, 1.82) is 0 Å². The van der Waals surface area contributed by atoms with E-state index in [2.05, 4.69) is 42.2 Å². The molecular formula is C18H30N4O. The standard InChI is InChI=1S/C18H30N4O/c1-5-16-8-6-7-15(2)17(16)19-18(23)22-13-11-21(12-14-22)10-9-20(3)4/h6-8H,5,9-14H2,1-4H3,(H,19,23). The molecule has 0 spiro atoms. The van der Waals surface area contributed by atoms with E-state index in [1.54, 1.807) is 0 Å². The molecule has 0 atom stereocenters. The Bertz CT molecular complexity index is 522. The van der Waals surface area contributed by atoms with Gasteiger partial charge in [0.15, 0.2) is 0 Å². The van der Waals surface area contributed by atoms with Gasteiger partial charge in [0.2, 0.25) is 0 Å². The van der Waals surface area contributed by atoms with Crippen LogP contribution in [0.25, 0.3) is 0 Å². The van der Waals surface area contributed by atoms with Crippen LogP contribution in [-0.2, 0) is 6.42 Å². The van der Waals surface area contributed by atoms with Gasteiger partial charge in [-0.3, -0.25) is 4.90 Å². The van der Waals surface area contributed by atoms with Gasteiger partial charge in [-0.2, -0.15) is 0 Å². The Kier molecular flexibility index (Phi) is 6.42. The number of carbonyl (C=O) groups excluding carboxylic acids is 1. The molecule has 1 saturated heterocycles. The molecule has 0 aromatic heterocycles. The average Bonchev–Trinajstić information content (AvgIpc) is 2.55. The lowest BCUT2D eigenvalue weighted by atomic mass is 10.1. The Morgan fingerprint density at radius 3 is 2.52 bits per heavy atom. The topological polar surface area (TPSA) is 38.8 Å². The quantitative estimate of drug-likeness (QED) is 0.905. The minimum Gasteiger partial charge on any atom is -0.322 e. The van der Waals surface area contributed by atoms with Crippen LogP contribution in [0.1, 0.15) is 18.1 Å². The molecule has 1 aliphatic rings. The van der Waals surface area contributed by atoms with E-state index in [9.17, 15) is 4.79 Å². The van der Waals surface area contributed by atoms with Crippen molar-refractivity contribution in [3.63, 3.8) is 0 Å². The first kappa shape index (κ1) is 17.8. The summed E-state index contributed by atoms with van der Waals surface area (Å²) in [6, 6.07) is 6.21. The molecule has 0 unspecified atom stereocenters. The van der Waals surface area contributed by atoms with Gasteiger partial charge in [-0.25, -0.2) is 4.79 Å². The van der Waals surface area contributed by atoms with Gasteiger partial charge in [-0.15, -0.1) is 0 Å². The van der Waals surface area contributed by atoms with Crippen LogP contribution in [0.2, 0.25) is 0 Å². The number of carbonyl (C=O) groups is 1. The van der Waals surface area contributed by atoms with Crippen molar-refractivity contribution in [2.45, 2.75) is 20.3 Å². The maximum Gasteiger partial charge on any atom is 0.321 e. The number of rotatable bonds is 5. The van der Waals surface area contributed by atoms with Crippen molar-refractivity contribution in [1.82, 2.24) is 14.7 Å². The Balaban J connectivity index is 1.88. The van der Waals surface area contributed by atoms with Gasteiger partial charge in [0.25, 0.3) is 0 Å². The average molecular weight is 318 g/mol. The summed E-state index contributed by atoms with van der Waals surface area (Å²) >= 11 is 0. The summed E-state index contributed by atoms with van der Waals surface area (Å²) in [5, 5.41) is 3.12. The highest BCUT2D eigenvalue weighted by atomic mass is 16.2. The van der Waals surface area contributed by atoms with E-state index in [-0.39, 0.29) is 6.03 Å². The molecule has 1 aromatic carbocycles. The number of benzene rings is 1. The molecule has 1 N–H and O–H groups in total. The maximum absolute atomic E-state index is 12.5. The van der Waals surface area contributed by atoms with Gasteiger partial charge in [-0.1, -0.05) is 25.1 Å². The highest BCUT2D eigenvalue weighted by Gasteiger charge is 2.21. The fourth-order valence-corrected chi connectivity index (χ4v) is 2.90. The number of amides is 2. The third-order valence-corrected chi connectivity index (χ3v) is 4.49. The summed E-state index contributed by atoms with van der Waals surface area (Å²) < 4.78 is 0. The number of nitrogens with one attached hydrogen (secondary N) is 1. The number of nitrogens with zero attached hydrogens (tertiary/aromatic N) is 3. The third kappa shape index (κ3) is 4.94. The molecule has 1 heterocycles. The van der Waals surface area contributed by atoms with Crippen LogP contribution in [0.15, 0.2) is 18.2 Å². The van der Waals surface area contributed by atoms with E-state index in [4.69, 9.17) is 0 Å². The molecule has 2 amide bonds. The second-order valence-corrected chi connectivity index (χ2v) is 6.52. The van der Waals surface area contributed by atoms with E-state index in [1.165, 1.54) is 5.56 Å². The monoisotopic (exact) mass is 318 g/mol. The Labute approximate surface area is 140 Å². The number of hydrogen-bond donors (Lipinski definition) is 1. The zero-order valence-corrected chi connectivity index (χ0v) is 14.9. The summed E-state index contributed by atoms with van der Waals surface area (Å²) in [5.74, 6) is 0. The number of para-hydroxylation sites is 1. The minimum atomic E-state index is 0.0289. The second kappa shape index (κ2) is 8.31. The lowest BCUT2D eigenvalue weighted by Crippen LogP contribution is -2.51. The van der Waals surface area contributed by atoms with Gasteiger partial charge >= 0.3 is 6.03 Å². The number of aryl methyl sites for hydroxylation is 2. The van der Waals surface area contributed by atoms with Crippen LogP contribution in [0.5, 0.6) is 0 Å². The lowest BCUT2D eigenvalue weighted by molar-refractivity contribution is 0.140. The van der Waals surface area contributed by atoms with Gasteiger partial charge in [0.05, 0.1) is 0 Å². The molecule has 2 rings (SSSR count). The second-order valence-electron chi connectivity index (χ2n) is 6.52. The number of urea groups is 1. The molecular weight excluding hydrogens is 288 g/mol. The summed E-state index contributed by atoms with van der Waals surface area (Å²) in [4.78, 5) is 19.1. The van der Waals surface area contributed by atoms with Gasteiger partial charge in [-0.05, 0) is 38.6 Å². The predicted molar refractivity (Wildman–Crippen MR) is 96.1 cm³/mol. The first-order chi connectivity index (χ1) is 11.0. The minimum absolute atomic E-state index is 0.0289. The van der Waals surface area contributed by atoms with Gasteiger partial charge in [0.1, 0.15) is 0 Å². The van der Waals surface area contributed by atoms with Crippen molar-refractivity contribution >= 4 is 11.7 Å².